The van der Waals surface area contributed by atoms with E-state index in [4.69, 9.17) is 8.30 Å². The van der Waals surface area contributed by atoms with Crippen LogP contribution in [0.1, 0.15) is 30.3 Å². The van der Waals surface area contributed by atoms with Crippen molar-refractivity contribution in [2.45, 2.75) is 26.3 Å². The van der Waals surface area contributed by atoms with Crippen LogP contribution in [0, 0.1) is 5.92 Å². The van der Waals surface area contributed by atoms with Crippen LogP contribution in [0.3, 0.4) is 0 Å². The molecule has 3 aromatic rings. The molecule has 1 aliphatic carbocycles. The number of nitrogens with one attached hydrogen (secondary N) is 2. The molecule has 12 heteroatoms. The average Bonchev–Trinajstić information content (AvgIpc) is 3.56. The zero-order valence-electron chi connectivity index (χ0n) is 17.7. The molecular weight excluding hydrogens is 468 g/mol. The summed E-state index contributed by atoms with van der Waals surface area (Å²) in [5.41, 5.74) is 1.57. The maximum absolute atomic E-state index is 12.3. The Kier molecular flexibility index (Phi) is 6.41. The van der Waals surface area contributed by atoms with Crippen molar-refractivity contribution in [1.82, 2.24) is 25.0 Å². The van der Waals surface area contributed by atoms with Gasteiger partial charge in [-0.05, 0) is 6.92 Å². The molecule has 2 aromatic heterocycles. The number of rotatable bonds is 8. The molecule has 2 heterocycles. The van der Waals surface area contributed by atoms with E-state index in [2.05, 4.69) is 30.9 Å². The number of hydrogen-bond donors (Lipinski definition) is 2. The Morgan fingerprint density at radius 2 is 2.06 bits per heavy atom. The number of para-hydroxylation sites is 1. The monoisotopic (exact) mass is 486 g/mol. The van der Waals surface area contributed by atoms with Gasteiger partial charge in [-0.2, -0.15) is 0 Å². The summed E-state index contributed by atoms with van der Waals surface area (Å²) in [6, 6.07) is 7.01. The van der Waals surface area contributed by atoms with Crippen LogP contribution in [0.4, 0.5) is 17.2 Å². The first-order valence-corrected chi connectivity index (χ1v) is 11.2. The van der Waals surface area contributed by atoms with E-state index in [-0.39, 0.29) is 23.3 Å². The first-order chi connectivity index (χ1) is 15.5. The van der Waals surface area contributed by atoms with E-state index in [1.54, 1.807) is 30.3 Å². The van der Waals surface area contributed by atoms with Crippen LogP contribution >= 0.6 is 0 Å². The van der Waals surface area contributed by atoms with Crippen LogP contribution in [-0.4, -0.2) is 43.9 Å². The Morgan fingerprint density at radius 3 is 2.72 bits per heavy atom. The van der Waals surface area contributed by atoms with E-state index < -0.39 is 5.97 Å². The van der Waals surface area contributed by atoms with Gasteiger partial charge in [-0.25, -0.2) is 0 Å². The standard InChI is InChI=1S/C20H21N7O4.Zn/c1-3-27-10-21-18(26-27)12-5-4-6-13(17(12)31-2)22-14-9-15(23-19(28)11-7-8-11)24-25-16(14)20(29)30;/h4-6,9-11H,3,7-8H2,1-2H3,(H,29,30)(H2,22,23,24,28);/q;+1/p-1. The predicted octanol–water partition coefficient (Wildman–Crippen LogP) is 2.47. The zero-order chi connectivity index (χ0) is 22.7. The van der Waals surface area contributed by atoms with Crippen LogP contribution in [0.5, 0.6) is 5.75 Å². The predicted molar refractivity (Wildman–Crippen MR) is 110 cm³/mol. The van der Waals surface area contributed by atoms with E-state index in [0.717, 1.165) is 12.8 Å². The molecule has 0 unspecified atom stereocenters. The summed E-state index contributed by atoms with van der Waals surface area (Å²) in [6.07, 6.45) is 3.37. The molecule has 0 spiro atoms. The molecule has 0 bridgehead atoms. The Balaban J connectivity index is 1.70. The van der Waals surface area contributed by atoms with Crippen LogP contribution in [0.25, 0.3) is 11.4 Å². The number of ether oxygens (including phenoxy) is 1. The molecule has 161 valence electrons. The fourth-order valence-corrected chi connectivity index (χ4v) is 3.37. The van der Waals surface area contributed by atoms with Gasteiger partial charge in [0.05, 0.1) is 0 Å². The second-order valence-electron chi connectivity index (χ2n) is 7.12. The fourth-order valence-electron chi connectivity index (χ4n) is 3.09. The Morgan fingerprint density at radius 1 is 1.25 bits per heavy atom. The van der Waals surface area contributed by atoms with Gasteiger partial charge in [0.1, 0.15) is 0 Å². The summed E-state index contributed by atoms with van der Waals surface area (Å²) >= 11 is 0.310. The zero-order valence-corrected chi connectivity index (χ0v) is 20.6. The number of methoxy groups -OCH3 is 1. The molecule has 1 aromatic carbocycles. The molecule has 32 heavy (non-hydrogen) atoms. The van der Waals surface area contributed by atoms with Gasteiger partial charge in [-0.3, -0.25) is 0 Å². The first kappa shape index (κ1) is 21.8. The van der Waals surface area contributed by atoms with Crippen LogP contribution in [0.2, 0.25) is 0 Å². The van der Waals surface area contributed by atoms with Crippen LogP contribution in [-0.2, 0) is 33.6 Å². The first-order valence-electron chi connectivity index (χ1n) is 10.0. The summed E-state index contributed by atoms with van der Waals surface area (Å²) < 4.78 is 12.3. The number of aryl methyl sites for hydroxylation is 1. The van der Waals surface area contributed by atoms with Crippen molar-refractivity contribution in [2.24, 2.45) is 5.92 Å². The van der Waals surface area contributed by atoms with Gasteiger partial charge in [0.25, 0.3) is 0 Å². The van der Waals surface area contributed by atoms with Gasteiger partial charge in [-0.1, -0.05) is 0 Å². The maximum atomic E-state index is 12.3. The van der Waals surface area contributed by atoms with Crippen molar-refractivity contribution in [2.75, 3.05) is 17.7 Å². The molecule has 11 nitrogen and oxygen atoms in total. The van der Waals surface area contributed by atoms with Crippen molar-refractivity contribution in [1.29, 1.82) is 0 Å². The summed E-state index contributed by atoms with van der Waals surface area (Å²) in [6.45, 7) is 2.66. The van der Waals surface area contributed by atoms with Crippen molar-refractivity contribution in [3.05, 3.63) is 36.3 Å². The quantitative estimate of drug-likeness (QED) is 0.459. The number of benzene rings is 1. The van der Waals surface area contributed by atoms with Crippen molar-refractivity contribution >= 4 is 29.1 Å². The number of carbonyl (C=O) groups excluding carboxylic acids is 2. The molecular formula is C20H20N7O4Zn. The molecule has 1 fully saturated rings. The van der Waals surface area contributed by atoms with E-state index in [0.29, 0.717) is 53.7 Å². The minimum atomic E-state index is -0.612. The molecule has 1 saturated carbocycles. The third kappa shape index (κ3) is 4.60. The van der Waals surface area contributed by atoms with Gasteiger partial charge in [0.15, 0.2) is 0 Å². The third-order valence-corrected chi connectivity index (χ3v) is 5.46. The van der Waals surface area contributed by atoms with Crippen molar-refractivity contribution in [3.63, 3.8) is 0 Å². The summed E-state index contributed by atoms with van der Waals surface area (Å²) in [5, 5.41) is 18.3. The van der Waals surface area contributed by atoms with Crippen LogP contribution in [0.15, 0.2) is 30.6 Å². The number of hydrogen-bond acceptors (Lipinski definition) is 9. The molecule has 1 amide bonds. The fraction of sp³-hybridized carbons (Fsp3) is 0.300. The third-order valence-electron chi connectivity index (χ3n) is 4.91. The normalized spacial score (nSPS) is 12.9. The number of amides is 1. The number of nitrogens with zero attached hydrogens (tertiary/aromatic N) is 5. The Labute approximate surface area is 194 Å². The SMILES string of the molecule is CCn1cnc(-c2cccc(Nc3cc(NC(=O)C4CC4)nnc3C(=O)[O][Zn])c2OC)n1. The van der Waals surface area contributed by atoms with Gasteiger partial charge in [0.2, 0.25) is 0 Å². The molecule has 0 saturated heterocycles. The van der Waals surface area contributed by atoms with Gasteiger partial charge < -0.3 is 0 Å². The summed E-state index contributed by atoms with van der Waals surface area (Å²) in [5.74, 6) is 0.526. The van der Waals surface area contributed by atoms with Crippen molar-refractivity contribution < 1.29 is 36.6 Å². The molecule has 0 aliphatic heterocycles. The minimum absolute atomic E-state index is 0.00140. The second-order valence-corrected chi connectivity index (χ2v) is 7.73. The number of anilines is 3. The molecule has 0 radical (unpaired) electrons. The second kappa shape index (κ2) is 9.39. The van der Waals surface area contributed by atoms with E-state index in [1.165, 1.54) is 0 Å². The van der Waals surface area contributed by atoms with Crippen LogP contribution < -0.4 is 15.4 Å². The van der Waals surface area contributed by atoms with Gasteiger partial charge in [0, 0.05) is 0 Å². The molecule has 2 N–H and O–H groups in total. The Hall–Kier alpha value is -3.40. The molecule has 4 rings (SSSR count). The number of aromatic nitrogens is 5. The summed E-state index contributed by atoms with van der Waals surface area (Å²) in [7, 11) is 1.54. The Bertz CT molecular complexity index is 1160. The topological polar surface area (TPSA) is 133 Å². The molecule has 0 atom stereocenters. The van der Waals surface area contributed by atoms with Gasteiger partial charge >= 0.3 is 187 Å². The summed E-state index contributed by atoms with van der Waals surface area (Å²) in [4.78, 5) is 28.8. The van der Waals surface area contributed by atoms with E-state index in [9.17, 15) is 9.59 Å². The van der Waals surface area contributed by atoms with E-state index >= 15 is 0 Å². The number of carbonyl (C=O) groups is 2. The van der Waals surface area contributed by atoms with Crippen molar-refractivity contribution in [3.8, 4) is 17.1 Å². The van der Waals surface area contributed by atoms with Gasteiger partial charge in [-0.15, -0.1) is 0 Å². The van der Waals surface area contributed by atoms with E-state index in [1.807, 2.05) is 19.1 Å². The average molecular weight is 488 g/mol. The molecule has 1 aliphatic rings.